The Hall–Kier alpha value is -2.47. The molecule has 0 saturated heterocycles. The number of fused-ring (bicyclic) bond motifs is 1. The Kier molecular flexibility index (Phi) is 19.2. The molecule has 1 atom stereocenters. The Balaban J connectivity index is 0.000000562. The summed E-state index contributed by atoms with van der Waals surface area (Å²) < 4.78 is 37.5. The SMILES string of the molecule is C=C/C(=C\C(CC)=C(/C)CCC)C(F)(F)F.CC(=O)C12CCCC1CCC2.CCCC(N)C(C)=O.Cc1ccccc1. The Bertz CT molecular complexity index is 998. The third-order valence-electron chi connectivity index (χ3n) is 8.33. The van der Waals surface area contributed by atoms with E-state index in [2.05, 4.69) is 25.6 Å². The molecule has 0 spiro atoms. The van der Waals surface area contributed by atoms with Gasteiger partial charge in [0.1, 0.15) is 11.6 Å². The van der Waals surface area contributed by atoms with E-state index in [1.54, 1.807) is 6.92 Å². The van der Waals surface area contributed by atoms with Crippen molar-refractivity contribution < 1.29 is 22.8 Å². The number of hydrogen-bond donors (Lipinski definition) is 1. The quantitative estimate of drug-likeness (QED) is 0.291. The van der Waals surface area contributed by atoms with E-state index in [1.165, 1.54) is 57.1 Å². The van der Waals surface area contributed by atoms with Crippen molar-refractivity contribution >= 4 is 11.6 Å². The lowest BCUT2D eigenvalue weighted by Crippen LogP contribution is -2.28. The Morgan fingerprint density at radius 2 is 1.57 bits per heavy atom. The van der Waals surface area contributed by atoms with Crippen LogP contribution in [0.25, 0.3) is 0 Å². The molecule has 0 heterocycles. The highest BCUT2D eigenvalue weighted by atomic mass is 19.4. The smallest absolute Gasteiger partial charge is 0.322 e. The van der Waals surface area contributed by atoms with Crippen LogP contribution in [0.5, 0.6) is 0 Å². The molecule has 1 aromatic carbocycles. The van der Waals surface area contributed by atoms with Gasteiger partial charge in [0.15, 0.2) is 0 Å². The second-order valence-electron chi connectivity index (χ2n) is 11.6. The number of alkyl halides is 3. The molecule has 1 aromatic rings. The molecule has 0 amide bonds. The van der Waals surface area contributed by atoms with E-state index in [9.17, 15) is 22.8 Å². The van der Waals surface area contributed by atoms with Crippen molar-refractivity contribution in [1.82, 2.24) is 0 Å². The standard InChI is InChI=1S/C13H19F3.C10H16O.C7H8.C6H13NO/c1-5-8-10(4)11(6-2)9-12(7-3)13(14,15)16;1-8(11)10-6-2-4-9(10)5-3-7-10;1-7-5-3-2-4-6-7;1-3-4-6(7)5(2)8/h7,9H,3,5-6,8H2,1-2,4H3;9H,2-7H2,1H3;2-6H,1H3;6H,3-4,7H2,1-2H3/b11-10+,12-9+;;;. The largest absolute Gasteiger partial charge is 0.416 e. The molecule has 0 radical (unpaired) electrons. The molecule has 6 heteroatoms. The van der Waals surface area contributed by atoms with Crippen LogP contribution in [0, 0.1) is 18.3 Å². The highest BCUT2D eigenvalue weighted by Gasteiger charge is 2.49. The van der Waals surface area contributed by atoms with Crippen LogP contribution >= 0.6 is 0 Å². The first-order valence-corrected chi connectivity index (χ1v) is 15.6. The van der Waals surface area contributed by atoms with Gasteiger partial charge in [-0.2, -0.15) is 13.2 Å². The monoisotopic (exact) mass is 591 g/mol. The maximum atomic E-state index is 12.5. The Morgan fingerprint density at radius 3 is 1.86 bits per heavy atom. The number of hydrogen-bond acceptors (Lipinski definition) is 3. The van der Waals surface area contributed by atoms with Gasteiger partial charge in [0.2, 0.25) is 0 Å². The molecular formula is C36H56F3NO2. The minimum Gasteiger partial charge on any atom is -0.322 e. The van der Waals surface area contributed by atoms with Crippen LogP contribution in [-0.4, -0.2) is 23.8 Å². The summed E-state index contributed by atoms with van der Waals surface area (Å²) in [7, 11) is 0. The normalized spacial score (nSPS) is 20.7. The number of rotatable bonds is 9. The maximum Gasteiger partial charge on any atom is 0.416 e. The van der Waals surface area contributed by atoms with Crippen LogP contribution in [0.15, 0.2) is 65.8 Å². The molecule has 1 unspecified atom stereocenters. The summed E-state index contributed by atoms with van der Waals surface area (Å²) in [6.45, 7) is 16.4. The van der Waals surface area contributed by atoms with Crippen molar-refractivity contribution in [3.05, 3.63) is 71.3 Å². The number of aryl methyl sites for hydroxylation is 1. The average molecular weight is 592 g/mol. The van der Waals surface area contributed by atoms with Gasteiger partial charge >= 0.3 is 6.18 Å². The first-order chi connectivity index (χ1) is 19.7. The summed E-state index contributed by atoms with van der Waals surface area (Å²) in [6.07, 6.45) is 9.56. The molecule has 0 bridgehead atoms. The zero-order valence-corrected chi connectivity index (χ0v) is 27.2. The lowest BCUT2D eigenvalue weighted by molar-refractivity contribution is -0.127. The van der Waals surface area contributed by atoms with Crippen LogP contribution < -0.4 is 5.73 Å². The third kappa shape index (κ3) is 14.1. The minimum absolute atomic E-state index is 0.0897. The lowest BCUT2D eigenvalue weighted by atomic mass is 9.77. The summed E-state index contributed by atoms with van der Waals surface area (Å²) in [5.41, 5.74) is 7.98. The van der Waals surface area contributed by atoms with Gasteiger partial charge in [-0.25, -0.2) is 0 Å². The number of carbonyl (C=O) groups excluding carboxylic acids is 2. The number of benzene rings is 1. The number of Topliss-reactive ketones (excluding diaryl/α,β-unsaturated/α-hetero) is 2. The van der Waals surface area contributed by atoms with Gasteiger partial charge in [-0.1, -0.05) is 101 Å². The van der Waals surface area contributed by atoms with E-state index in [0.717, 1.165) is 48.8 Å². The summed E-state index contributed by atoms with van der Waals surface area (Å²) in [5.74, 6) is 1.32. The van der Waals surface area contributed by atoms with Crippen LogP contribution in [-0.2, 0) is 9.59 Å². The number of halogens is 3. The summed E-state index contributed by atoms with van der Waals surface area (Å²) in [6, 6.07) is 10.0. The molecular weight excluding hydrogens is 535 g/mol. The fraction of sp³-hybridized carbons (Fsp3) is 0.611. The van der Waals surface area contributed by atoms with Gasteiger partial charge in [-0.3, -0.25) is 9.59 Å². The highest BCUT2D eigenvalue weighted by Crippen LogP contribution is 2.54. The van der Waals surface area contributed by atoms with Crippen LogP contribution in [0.4, 0.5) is 13.2 Å². The van der Waals surface area contributed by atoms with E-state index < -0.39 is 11.7 Å². The fourth-order valence-electron chi connectivity index (χ4n) is 5.75. The molecule has 0 aromatic heterocycles. The van der Waals surface area contributed by atoms with Gasteiger partial charge in [0, 0.05) is 5.41 Å². The van der Waals surface area contributed by atoms with Crippen molar-refractivity contribution in [2.75, 3.05) is 0 Å². The Morgan fingerprint density at radius 1 is 1.02 bits per heavy atom. The van der Waals surface area contributed by atoms with E-state index in [4.69, 9.17) is 5.73 Å². The molecule has 0 aliphatic heterocycles. The fourth-order valence-corrected chi connectivity index (χ4v) is 5.75. The van der Waals surface area contributed by atoms with E-state index in [1.807, 2.05) is 45.9 Å². The predicted molar refractivity (Wildman–Crippen MR) is 171 cm³/mol. The molecule has 2 aliphatic rings. The zero-order chi connectivity index (χ0) is 32.3. The molecule has 2 fully saturated rings. The van der Waals surface area contributed by atoms with Gasteiger partial charge in [-0.15, -0.1) is 0 Å². The van der Waals surface area contributed by atoms with E-state index in [0.29, 0.717) is 12.2 Å². The van der Waals surface area contributed by atoms with Crippen molar-refractivity contribution in [3.63, 3.8) is 0 Å². The van der Waals surface area contributed by atoms with Gasteiger partial charge < -0.3 is 5.73 Å². The predicted octanol–water partition coefficient (Wildman–Crippen LogP) is 10.4. The lowest BCUT2D eigenvalue weighted by Gasteiger charge is -2.25. The van der Waals surface area contributed by atoms with Crippen molar-refractivity contribution in [1.29, 1.82) is 0 Å². The summed E-state index contributed by atoms with van der Waals surface area (Å²) in [4.78, 5) is 21.9. The summed E-state index contributed by atoms with van der Waals surface area (Å²) >= 11 is 0. The van der Waals surface area contributed by atoms with Gasteiger partial charge in [-0.05, 0) is 90.2 Å². The van der Waals surface area contributed by atoms with Crippen molar-refractivity contribution in [2.24, 2.45) is 17.1 Å². The average Bonchev–Trinajstić information content (AvgIpc) is 3.53. The third-order valence-corrected chi connectivity index (χ3v) is 8.33. The first-order valence-electron chi connectivity index (χ1n) is 15.6. The second kappa shape index (κ2) is 20.4. The van der Waals surface area contributed by atoms with Crippen LogP contribution in [0.1, 0.15) is 118 Å². The van der Waals surface area contributed by atoms with Crippen LogP contribution in [0.2, 0.25) is 0 Å². The number of ketones is 2. The molecule has 2 saturated carbocycles. The van der Waals surface area contributed by atoms with Crippen molar-refractivity contribution in [3.8, 4) is 0 Å². The number of carbonyl (C=O) groups is 2. The maximum absolute atomic E-state index is 12.5. The molecule has 238 valence electrons. The molecule has 2 aliphatic carbocycles. The van der Waals surface area contributed by atoms with Gasteiger partial charge in [0.05, 0.1) is 11.6 Å². The zero-order valence-electron chi connectivity index (χ0n) is 27.2. The molecule has 3 nitrogen and oxygen atoms in total. The number of allylic oxidation sites excluding steroid dienone is 5. The van der Waals surface area contributed by atoms with E-state index in [-0.39, 0.29) is 17.2 Å². The number of nitrogens with two attached hydrogens (primary N) is 1. The Labute approximate surface area is 253 Å². The first kappa shape index (κ1) is 39.5. The molecule has 2 N–H and O–H groups in total. The second-order valence-corrected chi connectivity index (χ2v) is 11.6. The topological polar surface area (TPSA) is 60.2 Å². The van der Waals surface area contributed by atoms with E-state index >= 15 is 0 Å². The van der Waals surface area contributed by atoms with Crippen molar-refractivity contribution in [2.45, 2.75) is 131 Å². The highest BCUT2D eigenvalue weighted by molar-refractivity contribution is 5.83. The van der Waals surface area contributed by atoms with Gasteiger partial charge in [0.25, 0.3) is 0 Å². The molecule has 42 heavy (non-hydrogen) atoms. The molecule has 3 rings (SSSR count). The minimum atomic E-state index is -4.31. The summed E-state index contributed by atoms with van der Waals surface area (Å²) in [5, 5.41) is 0. The van der Waals surface area contributed by atoms with Crippen LogP contribution in [0.3, 0.4) is 0 Å².